The lowest BCUT2D eigenvalue weighted by Crippen LogP contribution is -2.29. The third-order valence-corrected chi connectivity index (χ3v) is 3.41. The molecule has 1 heterocycles. The second-order valence-corrected chi connectivity index (χ2v) is 5.38. The summed E-state index contributed by atoms with van der Waals surface area (Å²) in [6, 6.07) is 10.6. The van der Waals surface area contributed by atoms with Crippen LogP contribution in [0.3, 0.4) is 0 Å². The highest BCUT2D eigenvalue weighted by Gasteiger charge is 2.08. The number of amides is 1. The first-order valence-corrected chi connectivity index (χ1v) is 6.81. The fraction of sp³-hybridized carbons (Fsp3) is 0.214. The van der Waals surface area contributed by atoms with Crippen LogP contribution in [-0.2, 0) is 11.3 Å². The van der Waals surface area contributed by atoms with Crippen molar-refractivity contribution in [3.8, 4) is 5.75 Å². The smallest absolute Gasteiger partial charge is 0.238 e. The summed E-state index contributed by atoms with van der Waals surface area (Å²) >= 11 is 1.68. The zero-order chi connectivity index (χ0) is 13.7. The maximum Gasteiger partial charge on any atom is 0.238 e. The summed E-state index contributed by atoms with van der Waals surface area (Å²) in [7, 11) is 1.90. The van der Waals surface area contributed by atoms with E-state index in [1.54, 1.807) is 29.5 Å². The number of rotatable bonds is 5. The summed E-state index contributed by atoms with van der Waals surface area (Å²) in [6.07, 6.45) is 0. The molecule has 1 aromatic carbocycles. The minimum Gasteiger partial charge on any atom is -0.508 e. The maximum absolute atomic E-state index is 11.8. The maximum atomic E-state index is 11.8. The third kappa shape index (κ3) is 4.39. The van der Waals surface area contributed by atoms with E-state index in [9.17, 15) is 9.90 Å². The van der Waals surface area contributed by atoms with Crippen molar-refractivity contribution in [2.24, 2.45) is 0 Å². The Balaban J connectivity index is 1.84. The minimum atomic E-state index is -0.0929. The van der Waals surface area contributed by atoms with Gasteiger partial charge in [0.05, 0.1) is 6.54 Å². The van der Waals surface area contributed by atoms with Gasteiger partial charge in [0, 0.05) is 23.2 Å². The first-order chi connectivity index (χ1) is 9.13. The number of anilines is 1. The van der Waals surface area contributed by atoms with Crippen LogP contribution < -0.4 is 5.32 Å². The van der Waals surface area contributed by atoms with Crippen LogP contribution in [0.4, 0.5) is 5.69 Å². The molecular formula is C14H16N2O2S. The molecule has 0 saturated carbocycles. The fourth-order valence-electron chi connectivity index (χ4n) is 1.75. The van der Waals surface area contributed by atoms with Gasteiger partial charge >= 0.3 is 0 Å². The van der Waals surface area contributed by atoms with E-state index in [4.69, 9.17) is 0 Å². The van der Waals surface area contributed by atoms with Crippen LogP contribution in [-0.4, -0.2) is 29.5 Å². The van der Waals surface area contributed by atoms with E-state index in [1.165, 1.54) is 10.9 Å². The van der Waals surface area contributed by atoms with E-state index in [-0.39, 0.29) is 11.7 Å². The number of benzene rings is 1. The molecule has 0 unspecified atom stereocenters. The quantitative estimate of drug-likeness (QED) is 0.882. The highest BCUT2D eigenvalue weighted by Crippen LogP contribution is 2.15. The molecule has 0 aliphatic carbocycles. The van der Waals surface area contributed by atoms with Gasteiger partial charge in [0.2, 0.25) is 5.91 Å². The lowest BCUT2D eigenvalue weighted by Gasteiger charge is -2.15. The summed E-state index contributed by atoms with van der Waals surface area (Å²) in [4.78, 5) is 15.0. The third-order valence-electron chi connectivity index (χ3n) is 2.55. The highest BCUT2D eigenvalue weighted by atomic mass is 32.1. The van der Waals surface area contributed by atoms with Gasteiger partial charge in [-0.15, -0.1) is 11.3 Å². The lowest BCUT2D eigenvalue weighted by atomic mass is 10.3. The van der Waals surface area contributed by atoms with Crippen molar-refractivity contribution in [3.05, 3.63) is 46.7 Å². The van der Waals surface area contributed by atoms with Crippen molar-refractivity contribution in [2.45, 2.75) is 6.54 Å². The minimum absolute atomic E-state index is 0.0929. The second kappa shape index (κ2) is 6.36. The molecule has 0 spiro atoms. The molecule has 0 bridgehead atoms. The van der Waals surface area contributed by atoms with Crippen LogP contribution in [0.1, 0.15) is 4.88 Å². The van der Waals surface area contributed by atoms with Gasteiger partial charge in [0.1, 0.15) is 5.75 Å². The van der Waals surface area contributed by atoms with Gasteiger partial charge in [-0.2, -0.15) is 0 Å². The monoisotopic (exact) mass is 276 g/mol. The summed E-state index contributed by atoms with van der Waals surface area (Å²) in [5.41, 5.74) is 0.606. The van der Waals surface area contributed by atoms with Crippen LogP contribution in [0, 0.1) is 0 Å². The van der Waals surface area contributed by atoms with Gasteiger partial charge in [-0.25, -0.2) is 0 Å². The van der Waals surface area contributed by atoms with Gasteiger partial charge in [-0.1, -0.05) is 12.1 Å². The van der Waals surface area contributed by atoms with Gasteiger partial charge < -0.3 is 10.4 Å². The number of nitrogens with zero attached hydrogens (tertiary/aromatic N) is 1. The van der Waals surface area contributed by atoms with Crippen LogP contribution in [0.15, 0.2) is 41.8 Å². The molecule has 1 aromatic heterocycles. The topological polar surface area (TPSA) is 52.6 Å². The highest BCUT2D eigenvalue weighted by molar-refractivity contribution is 7.09. The van der Waals surface area contributed by atoms with E-state index in [0.29, 0.717) is 12.2 Å². The molecule has 100 valence electrons. The fourth-order valence-corrected chi connectivity index (χ4v) is 2.54. The van der Waals surface area contributed by atoms with Crippen molar-refractivity contribution >= 4 is 22.9 Å². The number of aromatic hydroxyl groups is 1. The molecule has 2 aromatic rings. The Hall–Kier alpha value is -1.85. The zero-order valence-electron chi connectivity index (χ0n) is 10.7. The average Bonchev–Trinajstić information content (AvgIpc) is 2.81. The number of phenols is 1. The number of phenolic OH excluding ortho intramolecular Hbond substituents is 1. The van der Waals surface area contributed by atoms with Gasteiger partial charge in [0.15, 0.2) is 0 Å². The molecule has 0 aliphatic heterocycles. The Morgan fingerprint density at radius 2 is 2.21 bits per heavy atom. The van der Waals surface area contributed by atoms with E-state index < -0.39 is 0 Å². The molecule has 2 N–H and O–H groups in total. The molecule has 0 atom stereocenters. The Morgan fingerprint density at radius 1 is 1.37 bits per heavy atom. The van der Waals surface area contributed by atoms with Crippen molar-refractivity contribution in [2.75, 3.05) is 18.9 Å². The molecule has 0 fully saturated rings. The predicted octanol–water partition coefficient (Wildman–Crippen LogP) is 2.52. The van der Waals surface area contributed by atoms with E-state index in [0.717, 1.165) is 6.54 Å². The Morgan fingerprint density at radius 3 is 2.89 bits per heavy atom. The Bertz CT molecular complexity index is 540. The van der Waals surface area contributed by atoms with Crippen LogP contribution >= 0.6 is 11.3 Å². The lowest BCUT2D eigenvalue weighted by molar-refractivity contribution is -0.117. The van der Waals surface area contributed by atoms with Gasteiger partial charge in [-0.3, -0.25) is 9.69 Å². The molecule has 2 rings (SSSR count). The van der Waals surface area contributed by atoms with Crippen molar-refractivity contribution < 1.29 is 9.90 Å². The first-order valence-electron chi connectivity index (χ1n) is 5.93. The number of carbonyl (C=O) groups is 1. The van der Waals surface area contributed by atoms with Crippen LogP contribution in [0.2, 0.25) is 0 Å². The molecule has 0 radical (unpaired) electrons. The van der Waals surface area contributed by atoms with Crippen LogP contribution in [0.25, 0.3) is 0 Å². The van der Waals surface area contributed by atoms with Gasteiger partial charge in [0.25, 0.3) is 0 Å². The number of carbonyl (C=O) groups excluding carboxylic acids is 1. The molecule has 0 saturated heterocycles. The molecule has 19 heavy (non-hydrogen) atoms. The molecule has 0 aliphatic rings. The normalized spacial score (nSPS) is 10.6. The predicted molar refractivity (Wildman–Crippen MR) is 77.4 cm³/mol. The zero-order valence-corrected chi connectivity index (χ0v) is 11.5. The second-order valence-electron chi connectivity index (χ2n) is 4.35. The summed E-state index contributed by atoms with van der Waals surface area (Å²) in [6.45, 7) is 1.07. The summed E-state index contributed by atoms with van der Waals surface area (Å²) in [5.74, 6) is 0.0504. The number of likely N-dealkylation sites (N-methyl/N-ethyl adjacent to an activating group) is 1. The molecule has 4 nitrogen and oxygen atoms in total. The van der Waals surface area contributed by atoms with Crippen molar-refractivity contribution in [1.29, 1.82) is 0 Å². The van der Waals surface area contributed by atoms with E-state index >= 15 is 0 Å². The number of nitrogens with one attached hydrogen (secondary N) is 1. The van der Waals surface area contributed by atoms with Crippen molar-refractivity contribution in [3.63, 3.8) is 0 Å². The van der Waals surface area contributed by atoms with Gasteiger partial charge in [-0.05, 0) is 30.6 Å². The summed E-state index contributed by atoms with van der Waals surface area (Å²) in [5, 5.41) is 14.1. The van der Waals surface area contributed by atoms with E-state index in [1.807, 2.05) is 29.5 Å². The molecule has 5 heteroatoms. The largest absolute Gasteiger partial charge is 0.508 e. The molecular weight excluding hydrogens is 260 g/mol. The SMILES string of the molecule is CN(CC(=O)Nc1cccc(O)c1)Cc1cccs1. The first kappa shape index (κ1) is 13.6. The van der Waals surface area contributed by atoms with E-state index in [2.05, 4.69) is 5.32 Å². The number of hydrogen-bond donors (Lipinski definition) is 2. The van der Waals surface area contributed by atoms with Crippen LogP contribution in [0.5, 0.6) is 5.75 Å². The Kier molecular flexibility index (Phi) is 4.54. The summed E-state index contributed by atoms with van der Waals surface area (Å²) < 4.78 is 0. The molecule has 1 amide bonds. The standard InChI is InChI=1S/C14H16N2O2S/c1-16(9-13-6-3-7-19-13)10-14(18)15-11-4-2-5-12(17)8-11/h2-8,17H,9-10H2,1H3,(H,15,18). The van der Waals surface area contributed by atoms with Crippen molar-refractivity contribution in [1.82, 2.24) is 4.90 Å². The number of thiophene rings is 1. The Labute approximate surface area is 116 Å². The average molecular weight is 276 g/mol. The number of hydrogen-bond acceptors (Lipinski definition) is 4.